The molecule has 0 amide bonds. The van der Waals surface area contributed by atoms with Crippen molar-refractivity contribution >= 4 is 0 Å². The molecule has 3 N–H and O–H groups in total. The average Bonchev–Trinajstić information content (AvgIpc) is 2.94. The molecule has 3 unspecified atom stereocenters. The summed E-state index contributed by atoms with van der Waals surface area (Å²) in [4.78, 5) is 0. The molecule has 2 fully saturated rings. The molecule has 0 heterocycles. The van der Waals surface area contributed by atoms with Gasteiger partial charge in [0, 0.05) is 6.04 Å². The van der Waals surface area contributed by atoms with Crippen LogP contribution in [0.2, 0.25) is 0 Å². The molecule has 0 radical (unpaired) electrons. The zero-order chi connectivity index (χ0) is 9.97. The van der Waals surface area contributed by atoms with Crippen LogP contribution in [0.5, 0.6) is 0 Å². The molecule has 0 aromatic rings. The second-order valence-corrected chi connectivity index (χ2v) is 4.83. The number of allylic oxidation sites excluding steroid dienone is 1. The summed E-state index contributed by atoms with van der Waals surface area (Å²) in [6.45, 7) is 3.77. The van der Waals surface area contributed by atoms with Crippen LogP contribution < -0.4 is 11.3 Å². The SMILES string of the molecule is C=CCCC(NN)C1C2CCCCC21. The fraction of sp³-hybridized carbons (Fsp3) is 0.833. The Morgan fingerprint density at radius 3 is 2.50 bits per heavy atom. The molecular weight excluding hydrogens is 172 g/mol. The van der Waals surface area contributed by atoms with Crippen molar-refractivity contribution in [3.05, 3.63) is 12.7 Å². The van der Waals surface area contributed by atoms with Crippen molar-refractivity contribution in [3.8, 4) is 0 Å². The quantitative estimate of drug-likeness (QED) is 0.400. The minimum absolute atomic E-state index is 0.543. The normalized spacial score (nSPS) is 37.4. The molecule has 2 aliphatic carbocycles. The molecular formula is C12H22N2. The maximum Gasteiger partial charge on any atom is 0.0247 e. The molecule has 0 aromatic heterocycles. The largest absolute Gasteiger partial charge is 0.271 e. The average molecular weight is 194 g/mol. The molecule has 0 aromatic carbocycles. The van der Waals surface area contributed by atoms with Crippen LogP contribution in [0.25, 0.3) is 0 Å². The number of rotatable bonds is 5. The third-order valence-electron chi connectivity index (χ3n) is 4.08. The lowest BCUT2D eigenvalue weighted by atomic mass is 10.0. The summed E-state index contributed by atoms with van der Waals surface area (Å²) in [5.74, 6) is 8.49. The van der Waals surface area contributed by atoms with Crippen molar-refractivity contribution < 1.29 is 0 Å². The van der Waals surface area contributed by atoms with E-state index in [-0.39, 0.29) is 0 Å². The van der Waals surface area contributed by atoms with E-state index in [1.165, 1.54) is 25.7 Å². The Morgan fingerprint density at radius 1 is 1.36 bits per heavy atom. The summed E-state index contributed by atoms with van der Waals surface area (Å²) < 4.78 is 0. The van der Waals surface area contributed by atoms with Crippen molar-refractivity contribution in [2.45, 2.75) is 44.6 Å². The highest BCUT2D eigenvalue weighted by molar-refractivity contribution is 5.04. The first-order valence-corrected chi connectivity index (χ1v) is 5.95. The van der Waals surface area contributed by atoms with E-state index in [9.17, 15) is 0 Å². The Hall–Kier alpha value is -0.340. The van der Waals surface area contributed by atoms with Gasteiger partial charge in [0.1, 0.15) is 0 Å². The molecule has 80 valence electrons. The summed E-state index contributed by atoms with van der Waals surface area (Å²) in [6, 6.07) is 0.543. The molecule has 0 bridgehead atoms. The molecule has 2 saturated carbocycles. The number of hydrazine groups is 1. The molecule has 2 nitrogen and oxygen atoms in total. The monoisotopic (exact) mass is 194 g/mol. The molecule has 2 rings (SSSR count). The molecule has 2 heteroatoms. The van der Waals surface area contributed by atoms with Gasteiger partial charge < -0.3 is 0 Å². The minimum Gasteiger partial charge on any atom is -0.271 e. The summed E-state index contributed by atoms with van der Waals surface area (Å²) in [7, 11) is 0. The Kier molecular flexibility index (Phi) is 3.24. The highest BCUT2D eigenvalue weighted by atomic mass is 15.2. The van der Waals surface area contributed by atoms with Gasteiger partial charge in [-0.25, -0.2) is 0 Å². The highest BCUT2D eigenvalue weighted by Gasteiger charge is 2.53. The predicted molar refractivity (Wildman–Crippen MR) is 59.5 cm³/mol. The van der Waals surface area contributed by atoms with Gasteiger partial charge in [0.15, 0.2) is 0 Å². The first-order chi connectivity index (χ1) is 6.88. The smallest absolute Gasteiger partial charge is 0.0247 e. The summed E-state index contributed by atoms with van der Waals surface area (Å²) in [5, 5.41) is 0. The van der Waals surface area contributed by atoms with Crippen LogP contribution in [0.3, 0.4) is 0 Å². The van der Waals surface area contributed by atoms with Crippen molar-refractivity contribution in [2.24, 2.45) is 23.6 Å². The zero-order valence-electron chi connectivity index (χ0n) is 8.91. The van der Waals surface area contributed by atoms with Gasteiger partial charge in [-0.15, -0.1) is 6.58 Å². The summed E-state index contributed by atoms with van der Waals surface area (Å²) >= 11 is 0. The minimum atomic E-state index is 0.543. The van der Waals surface area contributed by atoms with E-state index in [1.807, 2.05) is 6.08 Å². The fourth-order valence-corrected chi connectivity index (χ4v) is 3.33. The van der Waals surface area contributed by atoms with E-state index in [1.54, 1.807) is 0 Å². The maximum absolute atomic E-state index is 5.62. The van der Waals surface area contributed by atoms with Crippen molar-refractivity contribution in [1.29, 1.82) is 0 Å². The zero-order valence-corrected chi connectivity index (χ0v) is 8.91. The van der Waals surface area contributed by atoms with E-state index < -0.39 is 0 Å². The summed E-state index contributed by atoms with van der Waals surface area (Å²) in [6.07, 6.45) is 10.0. The lowest BCUT2D eigenvalue weighted by Crippen LogP contribution is -2.37. The van der Waals surface area contributed by atoms with Crippen LogP contribution in [0.4, 0.5) is 0 Å². The number of nitrogens with one attached hydrogen (secondary N) is 1. The van der Waals surface area contributed by atoms with Crippen LogP contribution in [0.15, 0.2) is 12.7 Å². The van der Waals surface area contributed by atoms with Crippen LogP contribution in [-0.2, 0) is 0 Å². The second kappa shape index (κ2) is 4.45. The van der Waals surface area contributed by atoms with Gasteiger partial charge in [-0.2, -0.15) is 0 Å². The van der Waals surface area contributed by atoms with Gasteiger partial charge in [-0.05, 0) is 43.4 Å². The van der Waals surface area contributed by atoms with Gasteiger partial charge >= 0.3 is 0 Å². The fourth-order valence-electron chi connectivity index (χ4n) is 3.33. The maximum atomic E-state index is 5.62. The second-order valence-electron chi connectivity index (χ2n) is 4.83. The van der Waals surface area contributed by atoms with Gasteiger partial charge in [-0.3, -0.25) is 11.3 Å². The molecule has 14 heavy (non-hydrogen) atoms. The molecule has 2 aliphatic rings. The predicted octanol–water partition coefficient (Wildman–Crippen LogP) is 2.22. The molecule has 0 saturated heterocycles. The Balaban J connectivity index is 1.84. The number of nitrogens with two attached hydrogens (primary N) is 1. The van der Waals surface area contributed by atoms with Gasteiger partial charge in [0.2, 0.25) is 0 Å². The lowest BCUT2D eigenvalue weighted by Gasteiger charge is -2.14. The number of hydrogen-bond donors (Lipinski definition) is 2. The third kappa shape index (κ3) is 1.86. The third-order valence-corrected chi connectivity index (χ3v) is 4.08. The Bertz CT molecular complexity index is 190. The first-order valence-electron chi connectivity index (χ1n) is 5.95. The van der Waals surface area contributed by atoms with Crippen LogP contribution in [0.1, 0.15) is 38.5 Å². The number of fused-ring (bicyclic) bond motifs is 1. The van der Waals surface area contributed by atoms with E-state index in [4.69, 9.17) is 5.84 Å². The van der Waals surface area contributed by atoms with Crippen molar-refractivity contribution in [1.82, 2.24) is 5.43 Å². The number of hydrogen-bond acceptors (Lipinski definition) is 2. The van der Waals surface area contributed by atoms with E-state index in [0.717, 1.165) is 30.6 Å². The van der Waals surface area contributed by atoms with Crippen molar-refractivity contribution in [2.75, 3.05) is 0 Å². The van der Waals surface area contributed by atoms with Crippen LogP contribution in [-0.4, -0.2) is 6.04 Å². The van der Waals surface area contributed by atoms with Gasteiger partial charge in [0.05, 0.1) is 0 Å². The van der Waals surface area contributed by atoms with E-state index >= 15 is 0 Å². The summed E-state index contributed by atoms with van der Waals surface area (Å²) in [5.41, 5.74) is 3.01. The van der Waals surface area contributed by atoms with Crippen LogP contribution >= 0.6 is 0 Å². The lowest BCUT2D eigenvalue weighted by molar-refractivity contribution is 0.417. The van der Waals surface area contributed by atoms with Gasteiger partial charge in [0.25, 0.3) is 0 Å². The van der Waals surface area contributed by atoms with E-state index in [2.05, 4.69) is 12.0 Å². The molecule has 0 aliphatic heterocycles. The topological polar surface area (TPSA) is 38.0 Å². The van der Waals surface area contributed by atoms with E-state index in [0.29, 0.717) is 6.04 Å². The standard InChI is InChI=1S/C12H22N2/c1-2-3-8-11(14-13)12-9-6-4-5-7-10(9)12/h2,9-12,14H,1,3-8,13H2. The van der Waals surface area contributed by atoms with Crippen molar-refractivity contribution in [3.63, 3.8) is 0 Å². The Labute approximate surface area is 86.9 Å². The Morgan fingerprint density at radius 2 is 2.00 bits per heavy atom. The van der Waals surface area contributed by atoms with Crippen LogP contribution in [0, 0.1) is 17.8 Å². The molecule has 0 spiro atoms. The molecule has 3 atom stereocenters. The van der Waals surface area contributed by atoms with Gasteiger partial charge in [-0.1, -0.05) is 18.9 Å². The highest BCUT2D eigenvalue weighted by Crippen LogP contribution is 2.57. The first kappa shape index (κ1) is 10.2.